The van der Waals surface area contributed by atoms with Crippen LogP contribution < -0.4 is 5.73 Å². The fraction of sp³-hybridized carbons (Fsp3) is 0.273. The van der Waals surface area contributed by atoms with Crippen molar-refractivity contribution in [1.82, 2.24) is 14.8 Å². The molecular weight excluding hydrogens is 256 g/mol. The minimum Gasteiger partial charge on any atom is -0.324 e. The smallest absolute Gasteiger partial charge is 0.190 e. The fourth-order valence-corrected chi connectivity index (χ4v) is 2.64. The van der Waals surface area contributed by atoms with Gasteiger partial charge in [-0.25, -0.2) is 9.67 Å². The molecule has 2 N–H and O–H groups in total. The lowest BCUT2D eigenvalue weighted by molar-refractivity contribution is 0.685. The van der Waals surface area contributed by atoms with Crippen LogP contribution in [0.4, 0.5) is 0 Å². The van der Waals surface area contributed by atoms with Crippen LogP contribution in [0, 0.1) is 0 Å². The Bertz CT molecular complexity index is 524. The van der Waals surface area contributed by atoms with Crippen LogP contribution in [0.1, 0.15) is 18.5 Å². The summed E-state index contributed by atoms with van der Waals surface area (Å²) in [5.74, 6) is 0. The molecule has 0 aliphatic heterocycles. The van der Waals surface area contributed by atoms with Crippen molar-refractivity contribution in [2.45, 2.75) is 23.0 Å². The normalized spacial score (nSPS) is 12.7. The Morgan fingerprint density at radius 3 is 2.76 bits per heavy atom. The van der Waals surface area contributed by atoms with Crippen molar-refractivity contribution in [3.8, 4) is 0 Å². The minimum atomic E-state index is -0.0589. The van der Waals surface area contributed by atoms with Crippen molar-refractivity contribution < 1.29 is 0 Å². The Labute approximate surface area is 109 Å². The summed E-state index contributed by atoms with van der Waals surface area (Å²) < 4.78 is 1.72. The second-order valence-corrected chi connectivity index (χ2v) is 5.19. The summed E-state index contributed by atoms with van der Waals surface area (Å²) >= 11 is 7.69. The molecule has 0 saturated heterocycles. The van der Waals surface area contributed by atoms with Gasteiger partial charge in [-0.15, -0.1) is 0 Å². The van der Waals surface area contributed by atoms with Gasteiger partial charge in [0.1, 0.15) is 6.33 Å². The van der Waals surface area contributed by atoms with Crippen LogP contribution in [-0.4, -0.2) is 14.8 Å². The third-order valence-electron chi connectivity index (χ3n) is 2.34. The van der Waals surface area contributed by atoms with Crippen LogP contribution in [0.25, 0.3) is 0 Å². The Kier molecular flexibility index (Phi) is 3.71. The molecule has 0 saturated carbocycles. The lowest BCUT2D eigenvalue weighted by atomic mass is 10.1. The van der Waals surface area contributed by atoms with E-state index >= 15 is 0 Å². The van der Waals surface area contributed by atoms with Gasteiger partial charge in [0, 0.05) is 23.0 Å². The standard InChI is InChI=1S/C11H13ClN4S/c1-7(13)9-4-3-8(5-10(9)12)17-11-14-6-15-16(11)2/h3-7H,13H2,1-2H3. The van der Waals surface area contributed by atoms with E-state index in [0.29, 0.717) is 5.02 Å². The van der Waals surface area contributed by atoms with E-state index in [0.717, 1.165) is 15.6 Å². The molecule has 0 bridgehead atoms. The molecular formula is C11H13ClN4S. The Morgan fingerprint density at radius 2 is 2.24 bits per heavy atom. The zero-order valence-corrected chi connectivity index (χ0v) is 11.2. The number of halogens is 1. The molecule has 6 heteroatoms. The van der Waals surface area contributed by atoms with E-state index in [-0.39, 0.29) is 6.04 Å². The number of benzene rings is 1. The van der Waals surface area contributed by atoms with Crippen LogP contribution in [-0.2, 0) is 7.05 Å². The van der Waals surface area contributed by atoms with E-state index in [4.69, 9.17) is 17.3 Å². The maximum absolute atomic E-state index is 6.17. The summed E-state index contributed by atoms with van der Waals surface area (Å²) in [5.41, 5.74) is 6.76. The second kappa shape index (κ2) is 5.08. The lowest BCUT2D eigenvalue weighted by Crippen LogP contribution is -2.05. The summed E-state index contributed by atoms with van der Waals surface area (Å²) in [6.45, 7) is 1.91. The summed E-state index contributed by atoms with van der Waals surface area (Å²) in [6.07, 6.45) is 1.53. The largest absolute Gasteiger partial charge is 0.324 e. The summed E-state index contributed by atoms with van der Waals surface area (Å²) in [6, 6.07) is 5.78. The van der Waals surface area contributed by atoms with Gasteiger partial charge in [-0.3, -0.25) is 0 Å². The summed E-state index contributed by atoms with van der Waals surface area (Å²) in [4.78, 5) is 5.17. The second-order valence-electron chi connectivity index (χ2n) is 3.74. The Balaban J connectivity index is 2.24. The van der Waals surface area contributed by atoms with Gasteiger partial charge in [0.2, 0.25) is 0 Å². The fourth-order valence-electron chi connectivity index (χ4n) is 1.42. The quantitative estimate of drug-likeness (QED) is 0.930. The molecule has 0 aliphatic rings. The van der Waals surface area contributed by atoms with Gasteiger partial charge in [0.05, 0.1) is 0 Å². The van der Waals surface area contributed by atoms with Gasteiger partial charge in [0.15, 0.2) is 5.16 Å². The van der Waals surface area contributed by atoms with Crippen molar-refractivity contribution in [3.63, 3.8) is 0 Å². The molecule has 1 aromatic heterocycles. The molecule has 1 atom stereocenters. The Morgan fingerprint density at radius 1 is 1.47 bits per heavy atom. The monoisotopic (exact) mass is 268 g/mol. The molecule has 17 heavy (non-hydrogen) atoms. The lowest BCUT2D eigenvalue weighted by Gasteiger charge is -2.09. The average Bonchev–Trinajstić information content (AvgIpc) is 2.64. The highest BCUT2D eigenvalue weighted by Crippen LogP contribution is 2.30. The van der Waals surface area contributed by atoms with E-state index in [2.05, 4.69) is 10.1 Å². The van der Waals surface area contributed by atoms with Gasteiger partial charge < -0.3 is 5.73 Å². The van der Waals surface area contributed by atoms with Crippen molar-refractivity contribution in [2.24, 2.45) is 12.8 Å². The number of hydrogen-bond acceptors (Lipinski definition) is 4. The van der Waals surface area contributed by atoms with Crippen LogP contribution in [0.3, 0.4) is 0 Å². The number of aromatic nitrogens is 3. The number of rotatable bonds is 3. The van der Waals surface area contributed by atoms with Crippen molar-refractivity contribution >= 4 is 23.4 Å². The van der Waals surface area contributed by atoms with Crippen LogP contribution in [0.15, 0.2) is 34.6 Å². The molecule has 90 valence electrons. The molecule has 1 aromatic carbocycles. The molecule has 0 spiro atoms. The van der Waals surface area contributed by atoms with Crippen molar-refractivity contribution in [3.05, 3.63) is 35.1 Å². The van der Waals surface area contributed by atoms with Gasteiger partial charge in [-0.05, 0) is 24.6 Å². The van der Waals surface area contributed by atoms with Gasteiger partial charge >= 0.3 is 0 Å². The highest BCUT2D eigenvalue weighted by molar-refractivity contribution is 7.99. The Hall–Kier alpha value is -1.04. The van der Waals surface area contributed by atoms with Crippen molar-refractivity contribution in [2.75, 3.05) is 0 Å². The average molecular weight is 269 g/mol. The predicted octanol–water partition coefficient (Wildman–Crippen LogP) is 2.64. The number of nitrogens with two attached hydrogens (primary N) is 1. The molecule has 0 amide bonds. The first-order valence-electron chi connectivity index (χ1n) is 5.15. The molecule has 4 nitrogen and oxygen atoms in total. The van der Waals surface area contributed by atoms with Crippen LogP contribution in [0.2, 0.25) is 5.02 Å². The van der Waals surface area contributed by atoms with E-state index in [1.165, 1.54) is 18.1 Å². The zero-order chi connectivity index (χ0) is 12.4. The summed E-state index contributed by atoms with van der Waals surface area (Å²) in [5, 5.41) is 5.53. The van der Waals surface area contributed by atoms with Crippen molar-refractivity contribution in [1.29, 1.82) is 0 Å². The topological polar surface area (TPSA) is 56.7 Å². The van der Waals surface area contributed by atoms with E-state index < -0.39 is 0 Å². The third kappa shape index (κ3) is 2.80. The minimum absolute atomic E-state index is 0.0589. The van der Waals surface area contributed by atoms with Gasteiger partial charge in [0.25, 0.3) is 0 Å². The maximum Gasteiger partial charge on any atom is 0.190 e. The van der Waals surface area contributed by atoms with Crippen LogP contribution in [0.5, 0.6) is 0 Å². The van der Waals surface area contributed by atoms with Gasteiger partial charge in [-0.2, -0.15) is 5.10 Å². The van der Waals surface area contributed by atoms with E-state index in [9.17, 15) is 0 Å². The molecule has 0 radical (unpaired) electrons. The first kappa shape index (κ1) is 12.4. The van der Waals surface area contributed by atoms with Gasteiger partial charge in [-0.1, -0.05) is 29.4 Å². The van der Waals surface area contributed by atoms with E-state index in [1.54, 1.807) is 4.68 Å². The maximum atomic E-state index is 6.17. The molecule has 2 rings (SSSR count). The number of nitrogens with zero attached hydrogens (tertiary/aromatic N) is 3. The molecule has 1 heterocycles. The third-order valence-corrected chi connectivity index (χ3v) is 3.71. The first-order chi connectivity index (χ1) is 8.08. The molecule has 2 aromatic rings. The number of aryl methyl sites for hydroxylation is 1. The van der Waals surface area contributed by atoms with Crippen LogP contribution >= 0.6 is 23.4 Å². The molecule has 1 unspecified atom stereocenters. The SMILES string of the molecule is CC(N)c1ccc(Sc2ncnn2C)cc1Cl. The molecule has 0 aliphatic carbocycles. The first-order valence-corrected chi connectivity index (χ1v) is 6.34. The number of hydrogen-bond donors (Lipinski definition) is 1. The zero-order valence-electron chi connectivity index (χ0n) is 9.59. The van der Waals surface area contributed by atoms with E-state index in [1.807, 2.05) is 32.2 Å². The molecule has 0 fully saturated rings. The predicted molar refractivity (Wildman–Crippen MR) is 69.2 cm³/mol. The highest BCUT2D eigenvalue weighted by atomic mass is 35.5. The highest BCUT2D eigenvalue weighted by Gasteiger charge is 2.08. The summed E-state index contributed by atoms with van der Waals surface area (Å²) in [7, 11) is 1.85.